The SMILES string of the molecule is O=C(O)C1CCN(C(=O)C2CC(=O)N(CC(F)(F)F)C2)CC1. The van der Waals surface area contributed by atoms with Gasteiger partial charge in [0.1, 0.15) is 6.54 Å². The van der Waals surface area contributed by atoms with E-state index in [0.717, 1.165) is 0 Å². The predicted molar refractivity (Wildman–Crippen MR) is 67.7 cm³/mol. The highest BCUT2D eigenvalue weighted by Crippen LogP contribution is 2.26. The molecule has 22 heavy (non-hydrogen) atoms. The van der Waals surface area contributed by atoms with Crippen LogP contribution in [0.3, 0.4) is 0 Å². The van der Waals surface area contributed by atoms with Crippen molar-refractivity contribution in [3.63, 3.8) is 0 Å². The number of nitrogens with zero attached hydrogens (tertiary/aromatic N) is 2. The summed E-state index contributed by atoms with van der Waals surface area (Å²) in [6, 6.07) is 0. The Balaban J connectivity index is 1.89. The van der Waals surface area contributed by atoms with Crippen LogP contribution in [0.1, 0.15) is 19.3 Å². The van der Waals surface area contributed by atoms with Crippen LogP contribution in [0.4, 0.5) is 13.2 Å². The van der Waals surface area contributed by atoms with Gasteiger partial charge in [-0.3, -0.25) is 14.4 Å². The number of carbonyl (C=O) groups excluding carboxylic acids is 2. The van der Waals surface area contributed by atoms with E-state index in [1.165, 1.54) is 4.90 Å². The molecule has 6 nitrogen and oxygen atoms in total. The molecule has 2 heterocycles. The normalized spacial score (nSPS) is 24.0. The molecule has 2 saturated heterocycles. The fraction of sp³-hybridized carbons (Fsp3) is 0.769. The summed E-state index contributed by atoms with van der Waals surface area (Å²) in [5.41, 5.74) is 0. The van der Waals surface area contributed by atoms with Crippen LogP contribution in [-0.2, 0) is 14.4 Å². The Morgan fingerprint density at radius 2 is 1.77 bits per heavy atom. The second kappa shape index (κ2) is 6.13. The van der Waals surface area contributed by atoms with Crippen molar-refractivity contribution in [2.45, 2.75) is 25.4 Å². The number of alkyl halides is 3. The summed E-state index contributed by atoms with van der Waals surface area (Å²) < 4.78 is 37.0. The molecule has 0 radical (unpaired) electrons. The fourth-order valence-corrected chi connectivity index (χ4v) is 2.91. The average molecular weight is 322 g/mol. The van der Waals surface area contributed by atoms with Crippen molar-refractivity contribution in [3.05, 3.63) is 0 Å². The zero-order chi connectivity index (χ0) is 16.5. The third-order valence-corrected chi connectivity index (χ3v) is 4.09. The van der Waals surface area contributed by atoms with Crippen molar-refractivity contribution in [3.8, 4) is 0 Å². The van der Waals surface area contributed by atoms with Crippen LogP contribution < -0.4 is 0 Å². The number of hydrogen-bond acceptors (Lipinski definition) is 3. The van der Waals surface area contributed by atoms with Crippen molar-refractivity contribution < 1.29 is 32.7 Å². The highest BCUT2D eigenvalue weighted by molar-refractivity contribution is 5.89. The van der Waals surface area contributed by atoms with E-state index in [4.69, 9.17) is 5.11 Å². The van der Waals surface area contributed by atoms with Gasteiger partial charge in [-0.15, -0.1) is 0 Å². The minimum Gasteiger partial charge on any atom is -0.481 e. The van der Waals surface area contributed by atoms with Gasteiger partial charge < -0.3 is 14.9 Å². The molecule has 0 spiro atoms. The number of carbonyl (C=O) groups is 3. The molecule has 0 bridgehead atoms. The molecule has 124 valence electrons. The molecular weight excluding hydrogens is 305 g/mol. The van der Waals surface area contributed by atoms with Crippen LogP contribution in [0.2, 0.25) is 0 Å². The monoisotopic (exact) mass is 322 g/mol. The smallest absolute Gasteiger partial charge is 0.406 e. The first-order chi connectivity index (χ1) is 10.2. The van der Waals surface area contributed by atoms with Gasteiger partial charge in [-0.05, 0) is 12.8 Å². The number of aliphatic carboxylic acids is 1. The Bertz CT molecular complexity index is 472. The van der Waals surface area contributed by atoms with Crippen LogP contribution in [0.25, 0.3) is 0 Å². The molecule has 2 fully saturated rings. The Labute approximate surface area is 124 Å². The van der Waals surface area contributed by atoms with Crippen molar-refractivity contribution in [1.82, 2.24) is 9.80 Å². The van der Waals surface area contributed by atoms with Crippen LogP contribution >= 0.6 is 0 Å². The van der Waals surface area contributed by atoms with Gasteiger partial charge in [-0.2, -0.15) is 13.2 Å². The minimum atomic E-state index is -4.48. The van der Waals surface area contributed by atoms with E-state index < -0.39 is 36.4 Å². The lowest BCUT2D eigenvalue weighted by Crippen LogP contribution is -2.44. The molecule has 9 heteroatoms. The molecule has 0 aromatic rings. The zero-order valence-corrected chi connectivity index (χ0v) is 11.8. The molecular formula is C13H17F3N2O4. The van der Waals surface area contributed by atoms with E-state index in [2.05, 4.69) is 0 Å². The van der Waals surface area contributed by atoms with E-state index >= 15 is 0 Å². The molecule has 1 N–H and O–H groups in total. The van der Waals surface area contributed by atoms with Crippen molar-refractivity contribution in [2.75, 3.05) is 26.2 Å². The van der Waals surface area contributed by atoms with Crippen molar-refractivity contribution in [2.24, 2.45) is 11.8 Å². The predicted octanol–water partition coefficient (Wildman–Crippen LogP) is 0.720. The lowest BCUT2D eigenvalue weighted by atomic mass is 9.95. The third-order valence-electron chi connectivity index (χ3n) is 4.09. The topological polar surface area (TPSA) is 77.9 Å². The maximum Gasteiger partial charge on any atom is 0.406 e. The Morgan fingerprint density at radius 1 is 1.18 bits per heavy atom. The van der Waals surface area contributed by atoms with Gasteiger partial charge in [-0.25, -0.2) is 0 Å². The lowest BCUT2D eigenvalue weighted by Gasteiger charge is -2.31. The first kappa shape index (κ1) is 16.6. The van der Waals surface area contributed by atoms with Crippen LogP contribution in [0.5, 0.6) is 0 Å². The van der Waals surface area contributed by atoms with Gasteiger partial charge in [0.25, 0.3) is 0 Å². The maximum absolute atomic E-state index is 12.3. The summed E-state index contributed by atoms with van der Waals surface area (Å²) in [6.07, 6.45) is -4.04. The summed E-state index contributed by atoms with van der Waals surface area (Å²) in [5, 5.41) is 8.89. The summed E-state index contributed by atoms with van der Waals surface area (Å²) in [5.74, 6) is -3.19. The quantitative estimate of drug-likeness (QED) is 0.830. The first-order valence-electron chi connectivity index (χ1n) is 7.03. The number of rotatable bonds is 3. The lowest BCUT2D eigenvalue weighted by molar-refractivity contribution is -0.157. The summed E-state index contributed by atoms with van der Waals surface area (Å²) in [4.78, 5) is 36.8. The molecule has 2 aliphatic heterocycles. The zero-order valence-electron chi connectivity index (χ0n) is 11.8. The van der Waals surface area contributed by atoms with Crippen LogP contribution in [0, 0.1) is 11.8 Å². The molecule has 2 aliphatic rings. The van der Waals surface area contributed by atoms with E-state index in [-0.39, 0.29) is 32.0 Å². The standard InChI is InChI=1S/C13H17F3N2O4/c14-13(15,16)7-18-6-9(5-10(18)19)11(20)17-3-1-8(2-4-17)12(21)22/h8-9H,1-7H2,(H,21,22). The molecule has 0 aromatic heterocycles. The third kappa shape index (κ3) is 3.89. The maximum atomic E-state index is 12.3. The number of likely N-dealkylation sites (tertiary alicyclic amines) is 2. The second-order valence-corrected chi connectivity index (χ2v) is 5.73. The Morgan fingerprint density at radius 3 is 2.27 bits per heavy atom. The average Bonchev–Trinajstić information content (AvgIpc) is 2.77. The van der Waals surface area contributed by atoms with Crippen molar-refractivity contribution in [1.29, 1.82) is 0 Å². The molecule has 1 unspecified atom stereocenters. The fourth-order valence-electron chi connectivity index (χ4n) is 2.91. The highest BCUT2D eigenvalue weighted by Gasteiger charge is 2.42. The second-order valence-electron chi connectivity index (χ2n) is 5.73. The van der Waals surface area contributed by atoms with Gasteiger partial charge >= 0.3 is 12.1 Å². The van der Waals surface area contributed by atoms with Gasteiger partial charge in [0.15, 0.2) is 0 Å². The molecule has 0 aliphatic carbocycles. The van der Waals surface area contributed by atoms with Crippen LogP contribution in [-0.4, -0.2) is 65.0 Å². The molecule has 0 saturated carbocycles. The molecule has 2 amide bonds. The van der Waals surface area contributed by atoms with E-state index in [1.807, 2.05) is 0 Å². The number of amides is 2. The minimum absolute atomic E-state index is 0.215. The van der Waals surface area contributed by atoms with Crippen molar-refractivity contribution >= 4 is 17.8 Å². The Kier molecular flexibility index (Phi) is 4.62. The number of hydrogen-bond donors (Lipinski definition) is 1. The van der Waals surface area contributed by atoms with E-state index in [9.17, 15) is 27.6 Å². The molecule has 0 aromatic carbocycles. The number of halogens is 3. The molecule has 1 atom stereocenters. The number of carboxylic acids is 1. The van der Waals surface area contributed by atoms with Gasteiger partial charge in [0.05, 0.1) is 11.8 Å². The van der Waals surface area contributed by atoms with Gasteiger partial charge in [0.2, 0.25) is 11.8 Å². The number of piperidine rings is 1. The Hall–Kier alpha value is -1.80. The van der Waals surface area contributed by atoms with Gasteiger partial charge in [-0.1, -0.05) is 0 Å². The van der Waals surface area contributed by atoms with Gasteiger partial charge in [0, 0.05) is 26.1 Å². The number of carboxylic acid groups (broad SMARTS) is 1. The molecule has 2 rings (SSSR count). The van der Waals surface area contributed by atoms with E-state index in [0.29, 0.717) is 17.7 Å². The largest absolute Gasteiger partial charge is 0.481 e. The summed E-state index contributed by atoms with van der Waals surface area (Å²) in [7, 11) is 0. The summed E-state index contributed by atoms with van der Waals surface area (Å²) >= 11 is 0. The van der Waals surface area contributed by atoms with E-state index in [1.54, 1.807) is 0 Å². The van der Waals surface area contributed by atoms with Crippen LogP contribution in [0.15, 0.2) is 0 Å². The first-order valence-corrected chi connectivity index (χ1v) is 7.03. The summed E-state index contributed by atoms with van der Waals surface area (Å²) in [6.45, 7) is -1.04. The highest BCUT2D eigenvalue weighted by atomic mass is 19.4.